The number of hydrogen-bond acceptors (Lipinski definition) is 2. The van der Waals surface area contributed by atoms with E-state index in [9.17, 15) is 0 Å². The molecule has 2 heteroatoms. The number of likely N-dealkylation sites (N-methyl/N-ethyl adjacent to an activating group) is 1. The van der Waals surface area contributed by atoms with Gasteiger partial charge in [-0.2, -0.15) is 0 Å². The van der Waals surface area contributed by atoms with Gasteiger partial charge >= 0.3 is 0 Å². The zero-order chi connectivity index (χ0) is 9.64. The maximum atomic E-state index is 3.61. The van der Waals surface area contributed by atoms with Crippen molar-refractivity contribution in [2.45, 2.75) is 39.3 Å². The van der Waals surface area contributed by atoms with Gasteiger partial charge in [0.15, 0.2) is 0 Å². The van der Waals surface area contributed by atoms with Gasteiger partial charge in [-0.25, -0.2) is 0 Å². The van der Waals surface area contributed by atoms with Crippen LogP contribution in [-0.4, -0.2) is 37.1 Å². The summed E-state index contributed by atoms with van der Waals surface area (Å²) in [6, 6.07) is 1.54. The van der Waals surface area contributed by atoms with Crippen LogP contribution in [0.1, 0.15) is 27.2 Å². The molecule has 0 aromatic heterocycles. The van der Waals surface area contributed by atoms with Crippen molar-refractivity contribution in [3.8, 4) is 0 Å². The van der Waals surface area contributed by atoms with Crippen LogP contribution in [-0.2, 0) is 0 Å². The fourth-order valence-corrected chi connectivity index (χ4v) is 3.42. The molecule has 2 aliphatic rings. The third kappa shape index (κ3) is 1.50. The molecule has 2 saturated heterocycles. The Hall–Kier alpha value is -0.0800. The molecule has 2 aliphatic heterocycles. The fraction of sp³-hybridized carbons (Fsp3) is 1.00. The van der Waals surface area contributed by atoms with Gasteiger partial charge in [-0.1, -0.05) is 20.8 Å². The maximum Gasteiger partial charge on any atom is 0.0238 e. The van der Waals surface area contributed by atoms with Crippen molar-refractivity contribution in [1.29, 1.82) is 0 Å². The van der Waals surface area contributed by atoms with E-state index >= 15 is 0 Å². The van der Waals surface area contributed by atoms with Gasteiger partial charge in [0.05, 0.1) is 0 Å². The number of nitrogens with zero attached hydrogens (tertiary/aromatic N) is 1. The molecule has 2 fully saturated rings. The number of nitrogens with one attached hydrogen (secondary N) is 1. The van der Waals surface area contributed by atoms with Gasteiger partial charge in [-0.15, -0.1) is 0 Å². The van der Waals surface area contributed by atoms with E-state index in [0.717, 1.165) is 18.0 Å². The average molecular weight is 182 g/mol. The van der Waals surface area contributed by atoms with E-state index in [1.54, 1.807) is 0 Å². The Bertz CT molecular complexity index is 195. The molecule has 0 radical (unpaired) electrons. The van der Waals surface area contributed by atoms with Gasteiger partial charge in [0.2, 0.25) is 0 Å². The second-order valence-electron chi connectivity index (χ2n) is 5.76. The van der Waals surface area contributed by atoms with Gasteiger partial charge in [0.1, 0.15) is 0 Å². The molecule has 0 saturated carbocycles. The van der Waals surface area contributed by atoms with Crippen LogP contribution >= 0.6 is 0 Å². The zero-order valence-electron chi connectivity index (χ0n) is 9.30. The standard InChI is InChI=1S/C11H22N2/c1-11(2,3)10-8-5-6-12-9(8)7-13(10)4/h8-10,12H,5-7H2,1-4H3. The summed E-state index contributed by atoms with van der Waals surface area (Å²) in [7, 11) is 2.27. The van der Waals surface area contributed by atoms with Crippen molar-refractivity contribution < 1.29 is 0 Å². The van der Waals surface area contributed by atoms with Crippen LogP contribution in [0, 0.1) is 11.3 Å². The summed E-state index contributed by atoms with van der Waals surface area (Å²) in [5.74, 6) is 0.894. The minimum Gasteiger partial charge on any atom is -0.312 e. The fourth-order valence-electron chi connectivity index (χ4n) is 3.42. The van der Waals surface area contributed by atoms with Crippen LogP contribution in [0.3, 0.4) is 0 Å². The second kappa shape index (κ2) is 2.96. The van der Waals surface area contributed by atoms with Crippen molar-refractivity contribution in [2.24, 2.45) is 11.3 Å². The predicted molar refractivity (Wildman–Crippen MR) is 55.8 cm³/mol. The first-order chi connectivity index (χ1) is 6.00. The molecular weight excluding hydrogens is 160 g/mol. The van der Waals surface area contributed by atoms with Crippen molar-refractivity contribution in [1.82, 2.24) is 10.2 Å². The van der Waals surface area contributed by atoms with Gasteiger partial charge in [-0.05, 0) is 31.3 Å². The van der Waals surface area contributed by atoms with E-state index in [0.29, 0.717) is 5.41 Å². The highest BCUT2D eigenvalue weighted by atomic mass is 15.2. The molecule has 0 aromatic rings. The lowest BCUT2D eigenvalue weighted by Crippen LogP contribution is -2.40. The lowest BCUT2D eigenvalue weighted by molar-refractivity contribution is 0.134. The normalized spacial score (nSPS) is 41.1. The summed E-state index contributed by atoms with van der Waals surface area (Å²) in [6.45, 7) is 9.58. The third-order valence-corrected chi connectivity index (χ3v) is 3.65. The van der Waals surface area contributed by atoms with Gasteiger partial charge < -0.3 is 10.2 Å². The van der Waals surface area contributed by atoms with Crippen LogP contribution < -0.4 is 5.32 Å². The van der Waals surface area contributed by atoms with Crippen LogP contribution in [0.5, 0.6) is 0 Å². The molecule has 2 nitrogen and oxygen atoms in total. The summed E-state index contributed by atoms with van der Waals surface area (Å²) < 4.78 is 0. The highest BCUT2D eigenvalue weighted by molar-refractivity contribution is 5.03. The lowest BCUT2D eigenvalue weighted by Gasteiger charge is -2.36. The first kappa shape index (κ1) is 9.47. The van der Waals surface area contributed by atoms with E-state index in [1.165, 1.54) is 19.5 Å². The third-order valence-electron chi connectivity index (χ3n) is 3.65. The Balaban J connectivity index is 2.17. The first-order valence-corrected chi connectivity index (χ1v) is 5.44. The molecule has 0 amide bonds. The Labute approximate surface area is 81.7 Å². The molecule has 3 atom stereocenters. The highest BCUT2D eigenvalue weighted by Crippen LogP contribution is 2.39. The molecular formula is C11H22N2. The molecule has 0 aromatic carbocycles. The number of hydrogen-bond donors (Lipinski definition) is 1. The minimum atomic E-state index is 0.431. The number of fused-ring (bicyclic) bond motifs is 1. The van der Waals surface area contributed by atoms with Gasteiger partial charge in [0.25, 0.3) is 0 Å². The van der Waals surface area contributed by atoms with Gasteiger partial charge in [-0.3, -0.25) is 0 Å². The smallest absolute Gasteiger partial charge is 0.0238 e. The minimum absolute atomic E-state index is 0.431. The van der Waals surface area contributed by atoms with Crippen molar-refractivity contribution in [3.05, 3.63) is 0 Å². The largest absolute Gasteiger partial charge is 0.312 e. The van der Waals surface area contributed by atoms with Gasteiger partial charge in [0, 0.05) is 18.6 Å². The highest BCUT2D eigenvalue weighted by Gasteiger charge is 2.47. The predicted octanol–water partition coefficient (Wildman–Crippen LogP) is 1.32. The van der Waals surface area contributed by atoms with Crippen LogP contribution in [0.15, 0.2) is 0 Å². The zero-order valence-corrected chi connectivity index (χ0v) is 9.30. The summed E-state index contributed by atoms with van der Waals surface area (Å²) in [5, 5.41) is 3.61. The Morgan fingerprint density at radius 2 is 2.00 bits per heavy atom. The van der Waals surface area contributed by atoms with E-state index in [2.05, 4.69) is 38.0 Å². The molecule has 0 aliphatic carbocycles. The first-order valence-electron chi connectivity index (χ1n) is 5.44. The average Bonchev–Trinajstić information content (AvgIpc) is 2.41. The summed E-state index contributed by atoms with van der Waals surface area (Å²) in [4.78, 5) is 2.54. The molecule has 13 heavy (non-hydrogen) atoms. The van der Waals surface area contributed by atoms with E-state index in [-0.39, 0.29) is 0 Å². The van der Waals surface area contributed by atoms with E-state index in [1.807, 2.05) is 0 Å². The second-order valence-corrected chi connectivity index (χ2v) is 5.76. The van der Waals surface area contributed by atoms with E-state index in [4.69, 9.17) is 0 Å². The molecule has 2 heterocycles. The van der Waals surface area contributed by atoms with E-state index < -0.39 is 0 Å². The van der Waals surface area contributed by atoms with Crippen LogP contribution in [0.25, 0.3) is 0 Å². The number of rotatable bonds is 0. The van der Waals surface area contributed by atoms with Crippen molar-refractivity contribution in [3.63, 3.8) is 0 Å². The molecule has 76 valence electrons. The number of likely N-dealkylation sites (tertiary alicyclic amines) is 1. The SMILES string of the molecule is CN1CC2NCCC2C1C(C)(C)C. The molecule has 1 N–H and O–H groups in total. The summed E-state index contributed by atoms with van der Waals surface area (Å²) in [5.41, 5.74) is 0.431. The molecule has 2 rings (SSSR count). The monoisotopic (exact) mass is 182 g/mol. The Morgan fingerprint density at radius 1 is 1.31 bits per heavy atom. The maximum absolute atomic E-state index is 3.61. The molecule has 3 unspecified atom stereocenters. The molecule has 0 bridgehead atoms. The summed E-state index contributed by atoms with van der Waals surface area (Å²) >= 11 is 0. The molecule has 0 spiro atoms. The quantitative estimate of drug-likeness (QED) is 0.608. The Morgan fingerprint density at radius 3 is 2.62 bits per heavy atom. The van der Waals surface area contributed by atoms with Crippen LogP contribution in [0.4, 0.5) is 0 Å². The van der Waals surface area contributed by atoms with Crippen molar-refractivity contribution >= 4 is 0 Å². The topological polar surface area (TPSA) is 15.3 Å². The Kier molecular flexibility index (Phi) is 2.16. The lowest BCUT2D eigenvalue weighted by atomic mass is 9.78. The summed E-state index contributed by atoms with van der Waals surface area (Å²) in [6.07, 6.45) is 1.37. The van der Waals surface area contributed by atoms with Crippen molar-refractivity contribution in [2.75, 3.05) is 20.1 Å². The van der Waals surface area contributed by atoms with Crippen LogP contribution in [0.2, 0.25) is 0 Å².